The Balaban J connectivity index is 1.63. The van der Waals surface area contributed by atoms with E-state index in [1.807, 2.05) is 30.0 Å². The minimum absolute atomic E-state index is 0.0305. The average Bonchev–Trinajstić information content (AvgIpc) is 2.85. The summed E-state index contributed by atoms with van der Waals surface area (Å²) in [7, 11) is 0. The minimum atomic E-state index is -0.481. The topological polar surface area (TPSA) is 71.5 Å². The van der Waals surface area contributed by atoms with Gasteiger partial charge >= 0.3 is 6.09 Å². The number of benzene rings is 1. The predicted octanol–water partition coefficient (Wildman–Crippen LogP) is 3.30. The second kappa shape index (κ2) is 6.43. The Morgan fingerprint density at radius 3 is 2.96 bits per heavy atom. The third-order valence-corrected chi connectivity index (χ3v) is 5.50. The van der Waals surface area contributed by atoms with Crippen LogP contribution in [0, 0.1) is 6.92 Å². The molecule has 2 saturated heterocycles. The normalized spacial score (nSPS) is 23.0. The van der Waals surface area contributed by atoms with Crippen molar-refractivity contribution >= 4 is 34.5 Å². The number of hydrogen-bond acceptors (Lipinski definition) is 4. The zero-order valence-corrected chi connectivity index (χ0v) is 15.3. The van der Waals surface area contributed by atoms with Crippen molar-refractivity contribution in [2.24, 2.45) is 0 Å². The van der Waals surface area contributed by atoms with Crippen LogP contribution in [0.4, 0.5) is 4.79 Å². The Bertz CT molecular complexity index is 901. The smallest absolute Gasteiger partial charge is 0.407 e. The Morgan fingerprint density at radius 2 is 2.19 bits per heavy atom. The number of alkyl carbamates (subject to hydrolysis) is 1. The summed E-state index contributed by atoms with van der Waals surface area (Å²) in [6, 6.07) is 7.31. The van der Waals surface area contributed by atoms with Gasteiger partial charge in [-0.25, -0.2) is 4.79 Å². The minimum Gasteiger partial charge on any atom is -0.441 e. The van der Waals surface area contributed by atoms with Gasteiger partial charge in [-0.15, -0.1) is 0 Å². The number of amides is 2. The zero-order chi connectivity index (χ0) is 18.3. The summed E-state index contributed by atoms with van der Waals surface area (Å²) in [5, 5.41) is 4.04. The highest BCUT2D eigenvalue weighted by atomic mass is 35.5. The lowest BCUT2D eigenvalue weighted by atomic mass is 9.95. The summed E-state index contributed by atoms with van der Waals surface area (Å²) in [6.45, 7) is 3.57. The van der Waals surface area contributed by atoms with E-state index in [1.165, 1.54) is 0 Å². The standard InChI is InChI=1S/C19H20ClN3O3/c1-12-10-14(13-4-2-5-15(20)16(13)22-12)17(24)23-8-3-6-19(7-9-23)11-21-18(25)26-19/h2,4-5,10H,3,6-9,11H2,1H3,(H,21,25). The second-order valence-corrected chi connectivity index (χ2v) is 7.43. The Hall–Kier alpha value is -2.34. The number of carbonyl (C=O) groups is 2. The number of para-hydroxylation sites is 1. The second-order valence-electron chi connectivity index (χ2n) is 7.02. The molecule has 2 aliphatic heterocycles. The van der Waals surface area contributed by atoms with Gasteiger partial charge in [0.05, 0.1) is 22.6 Å². The third-order valence-electron chi connectivity index (χ3n) is 5.20. The molecule has 2 amide bonds. The van der Waals surface area contributed by atoms with Crippen molar-refractivity contribution in [2.45, 2.75) is 31.8 Å². The number of aryl methyl sites for hydroxylation is 1. The summed E-state index contributed by atoms with van der Waals surface area (Å²) in [5.41, 5.74) is 1.55. The molecule has 136 valence electrons. The van der Waals surface area contributed by atoms with Crippen LogP contribution in [-0.4, -0.2) is 47.1 Å². The van der Waals surface area contributed by atoms with Gasteiger partial charge in [0, 0.05) is 30.6 Å². The van der Waals surface area contributed by atoms with Crippen LogP contribution in [0.5, 0.6) is 0 Å². The molecule has 6 nitrogen and oxygen atoms in total. The summed E-state index contributed by atoms with van der Waals surface area (Å²) < 4.78 is 5.49. The molecule has 0 radical (unpaired) electrons. The van der Waals surface area contributed by atoms with Gasteiger partial charge in [-0.1, -0.05) is 23.7 Å². The molecule has 1 atom stereocenters. The van der Waals surface area contributed by atoms with Crippen LogP contribution >= 0.6 is 11.6 Å². The van der Waals surface area contributed by atoms with Crippen LogP contribution in [0.15, 0.2) is 24.3 Å². The highest BCUT2D eigenvalue weighted by Crippen LogP contribution is 2.31. The molecular formula is C19H20ClN3O3. The summed E-state index contributed by atoms with van der Waals surface area (Å²) in [4.78, 5) is 31.0. The van der Waals surface area contributed by atoms with E-state index in [2.05, 4.69) is 10.3 Å². The van der Waals surface area contributed by atoms with Crippen molar-refractivity contribution in [1.29, 1.82) is 0 Å². The molecule has 3 heterocycles. The number of nitrogens with zero attached hydrogens (tertiary/aromatic N) is 2. The molecule has 1 N–H and O–H groups in total. The van der Waals surface area contributed by atoms with Gasteiger partial charge in [-0.3, -0.25) is 9.78 Å². The first-order valence-electron chi connectivity index (χ1n) is 8.79. The largest absolute Gasteiger partial charge is 0.441 e. The number of rotatable bonds is 1. The van der Waals surface area contributed by atoms with Crippen LogP contribution < -0.4 is 5.32 Å². The van der Waals surface area contributed by atoms with Gasteiger partial charge in [0.15, 0.2) is 0 Å². The van der Waals surface area contributed by atoms with Crippen molar-refractivity contribution in [3.63, 3.8) is 0 Å². The molecular weight excluding hydrogens is 354 g/mol. The molecule has 4 rings (SSSR count). The molecule has 7 heteroatoms. The molecule has 1 unspecified atom stereocenters. The van der Waals surface area contributed by atoms with Crippen LogP contribution in [0.25, 0.3) is 10.9 Å². The fourth-order valence-electron chi connectivity index (χ4n) is 3.84. The maximum Gasteiger partial charge on any atom is 0.407 e. The van der Waals surface area contributed by atoms with Crippen LogP contribution in [0.1, 0.15) is 35.3 Å². The molecule has 0 aliphatic carbocycles. The molecule has 26 heavy (non-hydrogen) atoms. The molecule has 2 fully saturated rings. The van der Waals surface area contributed by atoms with Crippen molar-refractivity contribution in [3.8, 4) is 0 Å². The number of halogens is 1. The quantitative estimate of drug-likeness (QED) is 0.832. The summed E-state index contributed by atoms with van der Waals surface area (Å²) in [5.74, 6) is -0.0305. The molecule has 0 saturated carbocycles. The fraction of sp³-hybridized carbons (Fsp3) is 0.421. The van der Waals surface area contributed by atoms with E-state index < -0.39 is 5.60 Å². The molecule has 1 aromatic carbocycles. The van der Waals surface area contributed by atoms with Gasteiger partial charge in [-0.2, -0.15) is 0 Å². The number of fused-ring (bicyclic) bond motifs is 1. The molecule has 1 aromatic heterocycles. The summed E-state index contributed by atoms with van der Waals surface area (Å²) >= 11 is 6.27. The van der Waals surface area contributed by atoms with E-state index in [4.69, 9.17) is 16.3 Å². The highest BCUT2D eigenvalue weighted by molar-refractivity contribution is 6.35. The predicted molar refractivity (Wildman–Crippen MR) is 98.5 cm³/mol. The highest BCUT2D eigenvalue weighted by Gasteiger charge is 2.42. The van der Waals surface area contributed by atoms with Gasteiger partial charge in [0.1, 0.15) is 5.60 Å². The molecule has 2 aliphatic rings. The zero-order valence-electron chi connectivity index (χ0n) is 14.5. The number of likely N-dealkylation sites (tertiary alicyclic amines) is 1. The first-order chi connectivity index (χ1) is 12.5. The number of nitrogens with one attached hydrogen (secondary N) is 1. The summed E-state index contributed by atoms with van der Waals surface area (Å²) in [6.07, 6.45) is 1.83. The third kappa shape index (κ3) is 2.98. The first-order valence-corrected chi connectivity index (χ1v) is 9.17. The van der Waals surface area contributed by atoms with Gasteiger partial charge in [-0.05, 0) is 31.9 Å². The number of aromatic nitrogens is 1. The number of hydrogen-bond donors (Lipinski definition) is 1. The van der Waals surface area contributed by atoms with E-state index >= 15 is 0 Å². The van der Waals surface area contributed by atoms with E-state index in [1.54, 1.807) is 6.07 Å². The SMILES string of the molecule is Cc1cc(C(=O)N2CCCC3(CC2)CNC(=O)O3)c2cccc(Cl)c2n1. The van der Waals surface area contributed by atoms with Crippen LogP contribution in [0.3, 0.4) is 0 Å². The Kier molecular flexibility index (Phi) is 4.23. The lowest BCUT2D eigenvalue weighted by Crippen LogP contribution is -2.36. The number of carbonyl (C=O) groups excluding carboxylic acids is 2. The number of pyridine rings is 1. The number of ether oxygens (including phenoxy) is 1. The van der Waals surface area contributed by atoms with E-state index in [0.717, 1.165) is 23.9 Å². The van der Waals surface area contributed by atoms with Crippen LogP contribution in [-0.2, 0) is 4.74 Å². The van der Waals surface area contributed by atoms with E-state index in [0.29, 0.717) is 42.2 Å². The van der Waals surface area contributed by atoms with Gasteiger partial charge in [0.2, 0.25) is 0 Å². The average molecular weight is 374 g/mol. The van der Waals surface area contributed by atoms with Crippen LogP contribution in [0.2, 0.25) is 5.02 Å². The van der Waals surface area contributed by atoms with E-state index in [-0.39, 0.29) is 12.0 Å². The van der Waals surface area contributed by atoms with Gasteiger partial charge in [0.25, 0.3) is 5.91 Å². The molecule has 2 aromatic rings. The first kappa shape index (κ1) is 17.1. The Labute approximate surface area is 156 Å². The lowest BCUT2D eigenvalue weighted by Gasteiger charge is -2.25. The van der Waals surface area contributed by atoms with Gasteiger partial charge < -0.3 is 15.0 Å². The molecule has 0 bridgehead atoms. The maximum atomic E-state index is 13.2. The van der Waals surface area contributed by atoms with Crippen molar-refractivity contribution in [3.05, 3.63) is 40.5 Å². The molecule has 1 spiro atoms. The van der Waals surface area contributed by atoms with Crippen molar-refractivity contribution in [2.75, 3.05) is 19.6 Å². The lowest BCUT2D eigenvalue weighted by molar-refractivity contribution is 0.0439. The van der Waals surface area contributed by atoms with Crippen molar-refractivity contribution in [1.82, 2.24) is 15.2 Å². The van der Waals surface area contributed by atoms with Crippen molar-refractivity contribution < 1.29 is 14.3 Å². The Morgan fingerprint density at radius 1 is 1.35 bits per heavy atom. The van der Waals surface area contributed by atoms with E-state index in [9.17, 15) is 9.59 Å². The monoisotopic (exact) mass is 373 g/mol. The maximum absolute atomic E-state index is 13.2. The fourth-order valence-corrected chi connectivity index (χ4v) is 4.06.